The number of amides is 1. The van der Waals surface area contributed by atoms with Crippen LogP contribution in [0.1, 0.15) is 38.2 Å². The summed E-state index contributed by atoms with van der Waals surface area (Å²) in [6.07, 6.45) is 12.6. The van der Waals surface area contributed by atoms with Gasteiger partial charge in [-0.1, -0.05) is 49.8 Å². The Balaban J connectivity index is 1.60. The number of hydrogen-bond acceptors (Lipinski definition) is 7. The van der Waals surface area contributed by atoms with Gasteiger partial charge >= 0.3 is 0 Å². The monoisotopic (exact) mass is 482 g/mol. The van der Waals surface area contributed by atoms with Crippen molar-refractivity contribution in [2.75, 3.05) is 18.4 Å². The van der Waals surface area contributed by atoms with Gasteiger partial charge < -0.3 is 9.88 Å². The van der Waals surface area contributed by atoms with Gasteiger partial charge in [-0.15, -0.1) is 0 Å². The smallest absolute Gasteiger partial charge is 0.267 e. The maximum Gasteiger partial charge on any atom is 0.267 e. The van der Waals surface area contributed by atoms with E-state index in [9.17, 15) is 9.59 Å². The van der Waals surface area contributed by atoms with E-state index in [1.165, 1.54) is 16.2 Å². The van der Waals surface area contributed by atoms with Crippen molar-refractivity contribution >= 4 is 51.7 Å². The highest BCUT2D eigenvalue weighted by Crippen LogP contribution is 2.33. The summed E-state index contributed by atoms with van der Waals surface area (Å²) in [4.78, 5) is 37.1. The predicted molar refractivity (Wildman–Crippen MR) is 136 cm³/mol. The van der Waals surface area contributed by atoms with Gasteiger partial charge in [0, 0.05) is 38.2 Å². The van der Waals surface area contributed by atoms with Crippen LogP contribution in [0.25, 0.3) is 11.7 Å². The lowest BCUT2D eigenvalue weighted by atomic mass is 10.2. The van der Waals surface area contributed by atoms with Crippen LogP contribution < -0.4 is 10.9 Å². The first-order chi connectivity index (χ1) is 16.1. The molecule has 1 aliphatic heterocycles. The molecule has 1 saturated heterocycles. The molecular weight excluding hydrogens is 456 g/mol. The number of carbonyl (C=O) groups is 1. The Kier molecular flexibility index (Phi) is 7.56. The first kappa shape index (κ1) is 23.2. The maximum absolute atomic E-state index is 13.3. The second-order valence-electron chi connectivity index (χ2n) is 7.73. The van der Waals surface area contributed by atoms with Crippen LogP contribution in [-0.2, 0) is 11.3 Å². The Morgan fingerprint density at radius 2 is 2.03 bits per heavy atom. The number of hydrogen-bond donors (Lipinski definition) is 1. The molecule has 4 heterocycles. The molecule has 0 unspecified atom stereocenters. The first-order valence-electron chi connectivity index (χ1n) is 11.0. The number of fused-ring (bicyclic) bond motifs is 1. The molecule has 1 amide bonds. The molecule has 1 aliphatic rings. The molecule has 172 valence electrons. The molecule has 10 heteroatoms. The molecule has 3 aromatic rings. The number of nitrogens with zero attached hydrogens (tertiary/aromatic N) is 5. The standard InChI is InChI=1S/C23H26N6O2S2/c1-2-3-5-13-29-22(31)18(33-23(29)32)15-17-20(25-9-7-11-27-14-10-24-16-27)26-19-8-4-6-12-28(19)21(17)30/h4,6,8,10,12,14-16,25H,2-3,5,7,9,11,13H2,1H3. The summed E-state index contributed by atoms with van der Waals surface area (Å²) in [5.41, 5.74) is 0.674. The quantitative estimate of drug-likeness (QED) is 0.267. The highest BCUT2D eigenvalue weighted by molar-refractivity contribution is 8.26. The molecule has 4 rings (SSSR count). The summed E-state index contributed by atoms with van der Waals surface area (Å²) in [6.45, 7) is 4.14. The Hall–Kier alpha value is -2.98. The summed E-state index contributed by atoms with van der Waals surface area (Å²) in [6, 6.07) is 5.41. The summed E-state index contributed by atoms with van der Waals surface area (Å²) in [7, 11) is 0. The lowest BCUT2D eigenvalue weighted by Gasteiger charge is -2.13. The minimum absolute atomic E-state index is 0.148. The fourth-order valence-corrected chi connectivity index (χ4v) is 4.89. The van der Waals surface area contributed by atoms with Crippen molar-refractivity contribution < 1.29 is 4.79 Å². The molecule has 0 aliphatic carbocycles. The molecule has 8 nitrogen and oxygen atoms in total. The lowest BCUT2D eigenvalue weighted by molar-refractivity contribution is -0.122. The third-order valence-corrected chi connectivity index (χ3v) is 6.73. The number of thiocarbonyl (C=S) groups is 1. The Labute approximate surface area is 201 Å². The minimum atomic E-state index is -0.228. The van der Waals surface area contributed by atoms with E-state index >= 15 is 0 Å². The summed E-state index contributed by atoms with van der Waals surface area (Å²) in [5, 5.41) is 3.29. The van der Waals surface area contributed by atoms with Gasteiger partial charge in [-0.2, -0.15) is 0 Å². The van der Waals surface area contributed by atoms with E-state index < -0.39 is 0 Å². The van der Waals surface area contributed by atoms with Crippen LogP contribution in [0.5, 0.6) is 0 Å². The Morgan fingerprint density at radius 3 is 2.82 bits per heavy atom. The number of imidazole rings is 1. The average molecular weight is 483 g/mol. The van der Waals surface area contributed by atoms with Crippen molar-refractivity contribution in [3.63, 3.8) is 0 Å². The van der Waals surface area contributed by atoms with Crippen molar-refractivity contribution in [2.45, 2.75) is 39.2 Å². The second-order valence-corrected chi connectivity index (χ2v) is 9.41. The molecule has 33 heavy (non-hydrogen) atoms. The normalized spacial score (nSPS) is 15.2. The molecule has 0 atom stereocenters. The summed E-state index contributed by atoms with van der Waals surface area (Å²) in [5.74, 6) is 0.317. The number of carbonyl (C=O) groups excluding carboxylic acids is 1. The fourth-order valence-electron chi connectivity index (χ4n) is 3.60. The molecule has 0 aromatic carbocycles. The Bertz CT molecular complexity index is 1240. The molecule has 0 bridgehead atoms. The Morgan fingerprint density at radius 1 is 1.15 bits per heavy atom. The molecule has 0 saturated carbocycles. The van der Waals surface area contributed by atoms with Gasteiger partial charge in [0.1, 0.15) is 15.8 Å². The topological polar surface area (TPSA) is 84.5 Å². The van der Waals surface area contributed by atoms with Gasteiger partial charge in [-0.3, -0.25) is 18.9 Å². The van der Waals surface area contributed by atoms with Crippen molar-refractivity contribution in [1.29, 1.82) is 0 Å². The third kappa shape index (κ3) is 5.33. The summed E-state index contributed by atoms with van der Waals surface area (Å²) >= 11 is 6.67. The van der Waals surface area contributed by atoms with Crippen LogP contribution in [0.3, 0.4) is 0 Å². The lowest BCUT2D eigenvalue weighted by Crippen LogP contribution is -2.29. The maximum atomic E-state index is 13.3. The third-order valence-electron chi connectivity index (χ3n) is 5.35. The van der Waals surface area contributed by atoms with Crippen molar-refractivity contribution in [1.82, 2.24) is 23.8 Å². The van der Waals surface area contributed by atoms with Crippen LogP contribution in [0.15, 0.2) is 52.8 Å². The van der Waals surface area contributed by atoms with Gasteiger partial charge in [0.25, 0.3) is 11.5 Å². The van der Waals surface area contributed by atoms with Crippen LogP contribution in [0, 0.1) is 0 Å². The molecule has 0 spiro atoms. The van der Waals surface area contributed by atoms with Crippen LogP contribution in [-0.4, -0.2) is 47.2 Å². The molecule has 3 aromatic heterocycles. The number of aromatic nitrogens is 4. The number of thioether (sulfide) groups is 1. The zero-order valence-corrected chi connectivity index (χ0v) is 20.1. The van der Waals surface area contributed by atoms with Crippen LogP contribution in [0.4, 0.5) is 5.82 Å². The number of rotatable bonds is 10. The average Bonchev–Trinajstić information content (AvgIpc) is 3.42. The van der Waals surface area contributed by atoms with E-state index in [1.54, 1.807) is 41.8 Å². The van der Waals surface area contributed by atoms with Crippen molar-refractivity contribution in [2.24, 2.45) is 0 Å². The largest absolute Gasteiger partial charge is 0.369 e. The van der Waals surface area contributed by atoms with E-state index in [1.807, 2.05) is 16.8 Å². The second kappa shape index (κ2) is 10.8. The molecular formula is C23H26N6O2S2. The zero-order chi connectivity index (χ0) is 23.2. The zero-order valence-electron chi connectivity index (χ0n) is 18.4. The molecule has 0 radical (unpaired) electrons. The molecule has 1 N–H and O–H groups in total. The first-order valence-corrected chi connectivity index (χ1v) is 12.3. The highest BCUT2D eigenvalue weighted by atomic mass is 32.2. The van der Waals surface area contributed by atoms with E-state index in [4.69, 9.17) is 12.2 Å². The van der Waals surface area contributed by atoms with Crippen molar-refractivity contribution in [3.8, 4) is 0 Å². The number of unbranched alkanes of at least 4 members (excludes halogenated alkanes) is 2. The predicted octanol–water partition coefficient (Wildman–Crippen LogP) is 3.78. The number of pyridine rings is 1. The van der Waals surface area contributed by atoms with Gasteiger partial charge in [0.2, 0.25) is 0 Å². The van der Waals surface area contributed by atoms with E-state index in [0.29, 0.717) is 39.3 Å². The van der Waals surface area contributed by atoms with E-state index in [2.05, 4.69) is 22.2 Å². The number of aryl methyl sites for hydroxylation is 1. The van der Waals surface area contributed by atoms with Gasteiger partial charge in [-0.05, 0) is 31.1 Å². The SMILES string of the molecule is CCCCCN1C(=O)C(=Cc2c(NCCCn3ccnc3)nc3ccccn3c2=O)SC1=S. The van der Waals surface area contributed by atoms with Gasteiger partial charge in [-0.25, -0.2) is 9.97 Å². The van der Waals surface area contributed by atoms with Crippen LogP contribution in [0.2, 0.25) is 0 Å². The molecule has 1 fully saturated rings. The van der Waals surface area contributed by atoms with Crippen molar-refractivity contribution in [3.05, 3.63) is 63.9 Å². The van der Waals surface area contributed by atoms with E-state index in [-0.39, 0.29) is 11.5 Å². The van der Waals surface area contributed by atoms with Gasteiger partial charge in [0.15, 0.2) is 0 Å². The summed E-state index contributed by atoms with van der Waals surface area (Å²) < 4.78 is 4.02. The number of anilines is 1. The van der Waals surface area contributed by atoms with Gasteiger partial charge in [0.05, 0.1) is 16.8 Å². The fraction of sp³-hybridized carbons (Fsp3) is 0.348. The van der Waals surface area contributed by atoms with E-state index in [0.717, 1.165) is 32.2 Å². The highest BCUT2D eigenvalue weighted by Gasteiger charge is 2.32. The minimum Gasteiger partial charge on any atom is -0.369 e. The number of nitrogens with one attached hydrogen (secondary N) is 1. The van der Waals surface area contributed by atoms with Crippen LogP contribution >= 0.6 is 24.0 Å².